The van der Waals surface area contributed by atoms with Crippen molar-refractivity contribution >= 4 is 23.3 Å². The number of nitrogens with zero attached hydrogens (tertiary/aromatic N) is 2. The quantitative estimate of drug-likeness (QED) is 0.552. The number of aryl methyl sites for hydroxylation is 2. The molecular weight excluding hydrogens is 364 g/mol. The molecule has 0 saturated heterocycles. The van der Waals surface area contributed by atoms with Crippen LogP contribution in [0.25, 0.3) is 34.4 Å². The molecular formula is C28H31N2+. The van der Waals surface area contributed by atoms with Gasteiger partial charge in [0, 0.05) is 35.5 Å². The number of rotatable bonds is 5. The maximum Gasteiger partial charge on any atom is 0.169 e. The van der Waals surface area contributed by atoms with E-state index in [2.05, 4.69) is 87.6 Å². The van der Waals surface area contributed by atoms with Gasteiger partial charge in [-0.15, -0.1) is 0 Å². The smallest absolute Gasteiger partial charge is 0.169 e. The van der Waals surface area contributed by atoms with E-state index in [-0.39, 0.29) is 0 Å². The molecule has 0 spiro atoms. The fourth-order valence-corrected chi connectivity index (χ4v) is 4.37. The lowest BCUT2D eigenvalue weighted by molar-refractivity contribution is -0.697. The summed E-state index contributed by atoms with van der Waals surface area (Å²) in [4.78, 5) is 4.92. The van der Waals surface area contributed by atoms with Gasteiger partial charge in [-0.2, -0.15) is 0 Å². The second-order valence-corrected chi connectivity index (χ2v) is 8.48. The van der Waals surface area contributed by atoms with E-state index in [0.29, 0.717) is 0 Å². The molecule has 1 aliphatic carbocycles. The highest BCUT2D eigenvalue weighted by Crippen LogP contribution is 2.32. The van der Waals surface area contributed by atoms with Crippen LogP contribution in [0.5, 0.6) is 0 Å². The maximum absolute atomic E-state index is 4.92. The van der Waals surface area contributed by atoms with Gasteiger partial charge in [-0.1, -0.05) is 55.3 Å². The van der Waals surface area contributed by atoms with Crippen molar-refractivity contribution in [1.82, 2.24) is 4.98 Å². The van der Waals surface area contributed by atoms with E-state index in [1.54, 1.807) is 0 Å². The van der Waals surface area contributed by atoms with Crippen molar-refractivity contribution in [2.24, 2.45) is 0 Å². The molecule has 2 heterocycles. The van der Waals surface area contributed by atoms with Gasteiger partial charge < -0.3 is 0 Å². The normalized spacial score (nSPS) is 13.5. The number of aromatic nitrogens is 2. The monoisotopic (exact) mass is 395 g/mol. The maximum atomic E-state index is 4.92. The van der Waals surface area contributed by atoms with Crippen LogP contribution in [-0.2, 0) is 6.54 Å². The first-order chi connectivity index (χ1) is 14.5. The zero-order valence-corrected chi connectivity index (χ0v) is 18.6. The lowest BCUT2D eigenvalue weighted by atomic mass is 9.86. The number of allylic oxidation sites excluding steroid dienone is 2. The molecule has 4 rings (SSSR count). The van der Waals surface area contributed by atoms with E-state index in [9.17, 15) is 0 Å². The van der Waals surface area contributed by atoms with Crippen LogP contribution in [0.4, 0.5) is 0 Å². The molecule has 0 fully saturated rings. The SMILES string of the molecule is C=c1c(-c2ccc(C)cc2)cnc2c1=C(C)CC(c1cc[n+](CCCC)cc1)=C2C. The fraction of sp³-hybridized carbons (Fsp3) is 0.286. The van der Waals surface area contributed by atoms with Gasteiger partial charge in [0.05, 0.1) is 5.69 Å². The molecule has 0 atom stereocenters. The molecule has 0 bridgehead atoms. The van der Waals surface area contributed by atoms with Gasteiger partial charge in [0.15, 0.2) is 12.4 Å². The van der Waals surface area contributed by atoms with E-state index in [0.717, 1.165) is 29.4 Å². The number of hydrogen-bond acceptors (Lipinski definition) is 1. The summed E-state index contributed by atoms with van der Waals surface area (Å²) in [6.45, 7) is 14.3. The summed E-state index contributed by atoms with van der Waals surface area (Å²) in [5.74, 6) is 0. The molecule has 1 aliphatic rings. The fourth-order valence-electron chi connectivity index (χ4n) is 4.37. The molecule has 0 radical (unpaired) electrons. The number of pyridine rings is 2. The molecule has 2 nitrogen and oxygen atoms in total. The second-order valence-electron chi connectivity index (χ2n) is 8.48. The average molecular weight is 396 g/mol. The van der Waals surface area contributed by atoms with Gasteiger partial charge in [-0.3, -0.25) is 4.98 Å². The standard InChI is InChI=1S/C28H31N2/c1-6-7-14-30-15-12-24(13-16-30)25-17-20(3)27-21(4)26(18-29-28(27)22(25)5)23-10-8-19(2)9-11-23/h8-13,15-16,18H,4,6-7,14,17H2,1-3,5H3/q+1. The highest BCUT2D eigenvalue weighted by atomic mass is 14.9. The third-order valence-corrected chi connectivity index (χ3v) is 6.24. The topological polar surface area (TPSA) is 16.8 Å². The molecule has 1 aromatic carbocycles. The first-order valence-electron chi connectivity index (χ1n) is 10.9. The van der Waals surface area contributed by atoms with Crippen molar-refractivity contribution in [2.45, 2.75) is 53.5 Å². The molecule has 30 heavy (non-hydrogen) atoms. The zero-order valence-electron chi connectivity index (χ0n) is 18.6. The summed E-state index contributed by atoms with van der Waals surface area (Å²) < 4.78 is 2.27. The van der Waals surface area contributed by atoms with E-state index >= 15 is 0 Å². The number of benzene rings is 1. The second kappa shape index (κ2) is 8.39. The molecule has 152 valence electrons. The average Bonchev–Trinajstić information content (AvgIpc) is 2.76. The first kappa shape index (κ1) is 20.3. The Hall–Kier alpha value is -3.00. The predicted octanol–water partition coefficient (Wildman–Crippen LogP) is 5.06. The van der Waals surface area contributed by atoms with Crippen LogP contribution in [0, 0.1) is 6.92 Å². The summed E-state index contributed by atoms with van der Waals surface area (Å²) in [7, 11) is 0. The minimum atomic E-state index is 0.944. The van der Waals surface area contributed by atoms with E-state index in [1.165, 1.54) is 51.5 Å². The van der Waals surface area contributed by atoms with E-state index in [4.69, 9.17) is 4.98 Å². The van der Waals surface area contributed by atoms with Gasteiger partial charge in [-0.25, -0.2) is 4.57 Å². The summed E-state index contributed by atoms with van der Waals surface area (Å²) in [6, 6.07) is 13.1. The number of fused-ring (bicyclic) bond motifs is 1. The minimum Gasteiger partial charge on any atom is -0.255 e. The van der Waals surface area contributed by atoms with Crippen LogP contribution < -0.4 is 15.0 Å². The highest BCUT2D eigenvalue weighted by molar-refractivity contribution is 5.95. The number of unbranched alkanes of at least 4 members (excludes halogenated alkanes) is 1. The molecule has 3 aromatic rings. The summed E-state index contributed by atoms with van der Waals surface area (Å²) in [5, 5.41) is 2.31. The Labute approximate surface area is 179 Å². The van der Waals surface area contributed by atoms with Gasteiger partial charge in [0.2, 0.25) is 0 Å². The summed E-state index contributed by atoms with van der Waals surface area (Å²) in [5.41, 5.74) is 9.93. The van der Waals surface area contributed by atoms with Gasteiger partial charge >= 0.3 is 0 Å². The van der Waals surface area contributed by atoms with Crippen LogP contribution >= 0.6 is 0 Å². The lowest BCUT2D eigenvalue weighted by Gasteiger charge is -2.20. The lowest BCUT2D eigenvalue weighted by Crippen LogP contribution is -2.34. The Balaban J connectivity index is 1.77. The van der Waals surface area contributed by atoms with E-state index in [1.807, 2.05) is 6.20 Å². The van der Waals surface area contributed by atoms with Crippen LogP contribution in [0.3, 0.4) is 0 Å². The zero-order chi connectivity index (χ0) is 21.3. The first-order valence-corrected chi connectivity index (χ1v) is 10.9. The predicted molar refractivity (Wildman–Crippen MR) is 127 cm³/mol. The van der Waals surface area contributed by atoms with Crippen LogP contribution in [0.15, 0.2) is 55.0 Å². The molecule has 2 heteroatoms. The molecule has 0 amide bonds. The Kier molecular flexibility index (Phi) is 5.67. The van der Waals surface area contributed by atoms with Crippen molar-refractivity contribution in [3.8, 4) is 11.1 Å². The van der Waals surface area contributed by atoms with E-state index < -0.39 is 0 Å². The Morgan fingerprint density at radius 2 is 1.67 bits per heavy atom. The third kappa shape index (κ3) is 3.75. The van der Waals surface area contributed by atoms with Crippen molar-refractivity contribution in [1.29, 1.82) is 0 Å². The van der Waals surface area contributed by atoms with Gasteiger partial charge in [-0.05, 0) is 54.7 Å². The summed E-state index contributed by atoms with van der Waals surface area (Å²) >= 11 is 0. The number of hydrogen-bond donors (Lipinski definition) is 0. The van der Waals surface area contributed by atoms with Crippen molar-refractivity contribution < 1.29 is 4.57 Å². The van der Waals surface area contributed by atoms with Gasteiger partial charge in [0.25, 0.3) is 0 Å². The largest absolute Gasteiger partial charge is 0.255 e. The highest BCUT2D eigenvalue weighted by Gasteiger charge is 2.19. The van der Waals surface area contributed by atoms with Gasteiger partial charge in [0.1, 0.15) is 6.54 Å². The molecule has 0 unspecified atom stereocenters. The Morgan fingerprint density at radius 1 is 0.967 bits per heavy atom. The molecule has 2 aromatic heterocycles. The Morgan fingerprint density at radius 3 is 2.33 bits per heavy atom. The van der Waals surface area contributed by atoms with Crippen LogP contribution in [0.2, 0.25) is 0 Å². The summed E-state index contributed by atoms with van der Waals surface area (Å²) in [6.07, 6.45) is 9.78. The van der Waals surface area contributed by atoms with Crippen molar-refractivity contribution in [3.63, 3.8) is 0 Å². The third-order valence-electron chi connectivity index (χ3n) is 6.24. The van der Waals surface area contributed by atoms with Crippen molar-refractivity contribution in [2.75, 3.05) is 0 Å². The van der Waals surface area contributed by atoms with Crippen LogP contribution in [0.1, 0.15) is 56.9 Å². The molecule has 0 saturated carbocycles. The van der Waals surface area contributed by atoms with Crippen LogP contribution in [-0.4, -0.2) is 4.98 Å². The minimum absolute atomic E-state index is 0.944. The Bertz CT molecular complexity index is 1210. The molecule has 0 aliphatic heterocycles. The molecule has 0 N–H and O–H groups in total. The van der Waals surface area contributed by atoms with Crippen molar-refractivity contribution in [3.05, 3.63) is 82.2 Å².